The highest BCUT2D eigenvalue weighted by molar-refractivity contribution is 5.03. The lowest BCUT2D eigenvalue weighted by Crippen LogP contribution is -2.34. The summed E-state index contributed by atoms with van der Waals surface area (Å²) in [7, 11) is 6.17. The molecule has 0 bridgehead atoms. The van der Waals surface area contributed by atoms with Gasteiger partial charge in [0.1, 0.15) is 0 Å². The quantitative estimate of drug-likeness (QED) is 0.875. The molecule has 2 rings (SSSR count). The van der Waals surface area contributed by atoms with Gasteiger partial charge in [-0.15, -0.1) is 0 Å². The van der Waals surface area contributed by atoms with Gasteiger partial charge in [0.25, 0.3) is 0 Å². The van der Waals surface area contributed by atoms with E-state index in [0.717, 1.165) is 25.5 Å². The molecule has 0 aromatic carbocycles. The first-order valence-corrected chi connectivity index (χ1v) is 6.86. The van der Waals surface area contributed by atoms with E-state index in [0.29, 0.717) is 5.89 Å². The summed E-state index contributed by atoms with van der Waals surface area (Å²) in [6.45, 7) is 7.19. The molecule has 0 spiro atoms. The van der Waals surface area contributed by atoms with Crippen molar-refractivity contribution in [2.75, 3.05) is 40.8 Å². The zero-order chi connectivity index (χ0) is 14.0. The van der Waals surface area contributed by atoms with Crippen LogP contribution < -0.4 is 5.32 Å². The molecule has 0 aliphatic carbocycles. The molecule has 1 N–H and O–H groups in total. The minimum absolute atomic E-state index is 0.206. The summed E-state index contributed by atoms with van der Waals surface area (Å²) in [6.07, 6.45) is 1.18. The van der Waals surface area contributed by atoms with Crippen molar-refractivity contribution in [1.29, 1.82) is 0 Å². The van der Waals surface area contributed by atoms with Gasteiger partial charge in [0.05, 0.1) is 11.6 Å². The average molecular weight is 267 g/mol. The summed E-state index contributed by atoms with van der Waals surface area (Å²) in [6, 6.07) is 0.206. The Bertz CT molecular complexity index is 417. The molecule has 2 heterocycles. The number of hydrogen-bond donors (Lipinski definition) is 1. The van der Waals surface area contributed by atoms with Crippen LogP contribution in [0, 0.1) is 0 Å². The largest absolute Gasteiger partial charge is 0.337 e. The Morgan fingerprint density at radius 2 is 2.05 bits per heavy atom. The van der Waals surface area contributed by atoms with E-state index in [-0.39, 0.29) is 11.6 Å². The highest BCUT2D eigenvalue weighted by atomic mass is 16.5. The molecule has 1 fully saturated rings. The molecule has 1 atom stereocenters. The van der Waals surface area contributed by atoms with Crippen LogP contribution in [-0.2, 0) is 5.54 Å². The fraction of sp³-hybridized carbons (Fsp3) is 0.846. The first kappa shape index (κ1) is 14.4. The van der Waals surface area contributed by atoms with E-state index >= 15 is 0 Å². The number of nitrogens with one attached hydrogen (secondary N) is 1. The number of nitrogens with zero attached hydrogens (tertiary/aromatic N) is 4. The number of aromatic nitrogens is 2. The first-order valence-electron chi connectivity index (χ1n) is 6.86. The van der Waals surface area contributed by atoms with Gasteiger partial charge in [0.2, 0.25) is 5.89 Å². The monoisotopic (exact) mass is 267 g/mol. The van der Waals surface area contributed by atoms with Crippen LogP contribution in [0.2, 0.25) is 0 Å². The standard InChI is InChI=1S/C13H25N5O/c1-13(2,14-3)12-15-11(16-19-12)10-9-17(4)7-6-8-18(10)5/h10,14H,6-9H2,1-5H3. The molecule has 0 amide bonds. The minimum atomic E-state index is -0.291. The van der Waals surface area contributed by atoms with Crippen molar-refractivity contribution < 1.29 is 4.52 Å². The van der Waals surface area contributed by atoms with Gasteiger partial charge in [0.15, 0.2) is 5.82 Å². The highest BCUT2D eigenvalue weighted by Crippen LogP contribution is 2.24. The number of likely N-dealkylation sites (N-methyl/N-ethyl adjacent to an activating group) is 2. The SMILES string of the molecule is CNC(C)(C)c1nc(C2CN(C)CCCN2C)no1. The maximum Gasteiger partial charge on any atom is 0.246 e. The van der Waals surface area contributed by atoms with Gasteiger partial charge in [-0.1, -0.05) is 5.16 Å². The lowest BCUT2D eigenvalue weighted by atomic mass is 10.1. The Labute approximate surface area is 115 Å². The fourth-order valence-corrected chi connectivity index (χ4v) is 2.28. The zero-order valence-corrected chi connectivity index (χ0v) is 12.6. The van der Waals surface area contributed by atoms with Crippen LogP contribution in [-0.4, -0.2) is 60.7 Å². The van der Waals surface area contributed by atoms with E-state index in [2.05, 4.69) is 39.4 Å². The molecule has 1 saturated heterocycles. The average Bonchev–Trinajstić information content (AvgIpc) is 2.79. The predicted molar refractivity (Wildman–Crippen MR) is 73.9 cm³/mol. The van der Waals surface area contributed by atoms with E-state index < -0.39 is 0 Å². The molecular weight excluding hydrogens is 242 g/mol. The molecule has 0 radical (unpaired) electrons. The van der Waals surface area contributed by atoms with Gasteiger partial charge in [0, 0.05) is 6.54 Å². The Morgan fingerprint density at radius 1 is 1.32 bits per heavy atom. The Morgan fingerprint density at radius 3 is 2.74 bits per heavy atom. The van der Waals surface area contributed by atoms with Crippen molar-refractivity contribution in [3.63, 3.8) is 0 Å². The molecule has 108 valence electrons. The Balaban J connectivity index is 2.21. The first-order chi connectivity index (χ1) is 8.94. The van der Waals surface area contributed by atoms with E-state index in [1.165, 1.54) is 6.42 Å². The molecule has 1 aromatic rings. The molecule has 1 aliphatic rings. The van der Waals surface area contributed by atoms with E-state index in [9.17, 15) is 0 Å². The number of hydrogen-bond acceptors (Lipinski definition) is 6. The van der Waals surface area contributed by atoms with Crippen LogP contribution >= 0.6 is 0 Å². The smallest absolute Gasteiger partial charge is 0.246 e. The number of rotatable bonds is 3. The summed E-state index contributed by atoms with van der Waals surface area (Å²) in [5.74, 6) is 1.43. The maximum absolute atomic E-state index is 5.43. The van der Waals surface area contributed by atoms with Crippen molar-refractivity contribution in [1.82, 2.24) is 25.3 Å². The van der Waals surface area contributed by atoms with Crippen LogP contribution in [0.3, 0.4) is 0 Å². The lowest BCUT2D eigenvalue weighted by Gasteiger charge is -2.24. The summed E-state index contributed by atoms with van der Waals surface area (Å²) >= 11 is 0. The van der Waals surface area contributed by atoms with Crippen LogP contribution in [0.5, 0.6) is 0 Å². The summed E-state index contributed by atoms with van der Waals surface area (Å²) in [5.41, 5.74) is -0.291. The molecule has 1 aliphatic heterocycles. The third-order valence-corrected chi connectivity index (χ3v) is 3.97. The van der Waals surface area contributed by atoms with Crippen molar-refractivity contribution in [2.24, 2.45) is 0 Å². The zero-order valence-electron chi connectivity index (χ0n) is 12.6. The van der Waals surface area contributed by atoms with Crippen LogP contribution in [0.25, 0.3) is 0 Å². The lowest BCUT2D eigenvalue weighted by molar-refractivity contribution is 0.213. The van der Waals surface area contributed by atoms with Gasteiger partial charge in [-0.3, -0.25) is 4.90 Å². The van der Waals surface area contributed by atoms with Gasteiger partial charge in [-0.05, 0) is 54.5 Å². The van der Waals surface area contributed by atoms with Gasteiger partial charge in [-0.25, -0.2) is 0 Å². The van der Waals surface area contributed by atoms with E-state index in [4.69, 9.17) is 4.52 Å². The predicted octanol–water partition coefficient (Wildman–Crippen LogP) is 0.833. The van der Waals surface area contributed by atoms with Crippen molar-refractivity contribution >= 4 is 0 Å². The molecule has 6 heteroatoms. The second-order valence-electron chi connectivity index (χ2n) is 5.94. The van der Waals surface area contributed by atoms with Crippen molar-refractivity contribution in [3.05, 3.63) is 11.7 Å². The molecule has 19 heavy (non-hydrogen) atoms. The van der Waals surface area contributed by atoms with Crippen LogP contribution in [0.4, 0.5) is 0 Å². The summed E-state index contributed by atoms with van der Waals surface area (Å²) in [5, 5.41) is 7.37. The van der Waals surface area contributed by atoms with Crippen molar-refractivity contribution in [3.8, 4) is 0 Å². The highest BCUT2D eigenvalue weighted by Gasteiger charge is 2.30. The van der Waals surface area contributed by atoms with Gasteiger partial charge in [-0.2, -0.15) is 4.98 Å². The van der Waals surface area contributed by atoms with Crippen LogP contribution in [0.15, 0.2) is 4.52 Å². The van der Waals surface area contributed by atoms with Gasteiger partial charge < -0.3 is 14.7 Å². The molecule has 1 aromatic heterocycles. The minimum Gasteiger partial charge on any atom is -0.337 e. The van der Waals surface area contributed by atoms with Crippen molar-refractivity contribution in [2.45, 2.75) is 31.8 Å². The molecular formula is C13H25N5O. The third-order valence-electron chi connectivity index (χ3n) is 3.97. The molecule has 6 nitrogen and oxygen atoms in total. The summed E-state index contributed by atoms with van der Waals surface area (Å²) in [4.78, 5) is 9.23. The van der Waals surface area contributed by atoms with Gasteiger partial charge >= 0.3 is 0 Å². The normalized spacial score (nSPS) is 23.5. The second kappa shape index (κ2) is 5.56. The Kier molecular flexibility index (Phi) is 4.23. The fourth-order valence-electron chi connectivity index (χ4n) is 2.28. The molecule has 0 saturated carbocycles. The maximum atomic E-state index is 5.43. The topological polar surface area (TPSA) is 57.4 Å². The second-order valence-corrected chi connectivity index (χ2v) is 5.94. The van der Waals surface area contributed by atoms with E-state index in [1.54, 1.807) is 0 Å². The summed E-state index contributed by atoms with van der Waals surface area (Å²) < 4.78 is 5.43. The molecule has 1 unspecified atom stereocenters. The van der Waals surface area contributed by atoms with Crippen LogP contribution in [0.1, 0.15) is 38.0 Å². The van der Waals surface area contributed by atoms with E-state index in [1.807, 2.05) is 20.9 Å². The Hall–Kier alpha value is -0.980. The third kappa shape index (κ3) is 3.13.